The molecule has 30 heavy (non-hydrogen) atoms. The van der Waals surface area contributed by atoms with Crippen LogP contribution in [0.5, 0.6) is 5.75 Å². The van der Waals surface area contributed by atoms with E-state index in [-0.39, 0.29) is 6.61 Å². The van der Waals surface area contributed by atoms with Crippen molar-refractivity contribution in [3.05, 3.63) is 83.2 Å². The predicted octanol–water partition coefficient (Wildman–Crippen LogP) is 4.19. The zero-order valence-corrected chi connectivity index (χ0v) is 17.5. The molecule has 6 heteroatoms. The predicted molar refractivity (Wildman–Crippen MR) is 114 cm³/mol. The molecule has 2 aromatic rings. The van der Waals surface area contributed by atoms with Crippen LogP contribution >= 0.6 is 0 Å². The van der Waals surface area contributed by atoms with Crippen molar-refractivity contribution in [1.29, 1.82) is 0 Å². The fraction of sp³-hybridized carbons (Fsp3) is 0.250. The molecule has 1 atom stereocenters. The van der Waals surface area contributed by atoms with Crippen molar-refractivity contribution in [2.24, 2.45) is 0 Å². The average molecular weight is 407 g/mol. The second kappa shape index (κ2) is 9.31. The van der Waals surface area contributed by atoms with Crippen LogP contribution in [0.3, 0.4) is 0 Å². The highest BCUT2D eigenvalue weighted by molar-refractivity contribution is 6.00. The SMILES string of the molecule is CCOC(=O)C1=C(C)N(c2ccc(OC)cc2)C(C(=O)OC)=CC1c1ccccc1. The van der Waals surface area contributed by atoms with E-state index in [0.29, 0.717) is 28.4 Å². The summed E-state index contributed by atoms with van der Waals surface area (Å²) in [6, 6.07) is 16.8. The zero-order chi connectivity index (χ0) is 21.7. The molecule has 0 saturated heterocycles. The number of allylic oxidation sites excluding steroid dienone is 2. The normalized spacial score (nSPS) is 16.1. The van der Waals surface area contributed by atoms with Crippen molar-refractivity contribution >= 4 is 17.6 Å². The number of nitrogens with zero attached hydrogens (tertiary/aromatic N) is 1. The molecule has 0 aliphatic carbocycles. The van der Waals surface area contributed by atoms with Crippen molar-refractivity contribution in [2.45, 2.75) is 19.8 Å². The largest absolute Gasteiger partial charge is 0.497 e. The summed E-state index contributed by atoms with van der Waals surface area (Å²) in [7, 11) is 2.93. The lowest BCUT2D eigenvalue weighted by Crippen LogP contribution is -2.34. The van der Waals surface area contributed by atoms with Gasteiger partial charge in [-0.25, -0.2) is 9.59 Å². The number of rotatable bonds is 6. The summed E-state index contributed by atoms with van der Waals surface area (Å²) >= 11 is 0. The molecule has 1 unspecified atom stereocenters. The Morgan fingerprint density at radius 2 is 1.63 bits per heavy atom. The van der Waals surface area contributed by atoms with Crippen LogP contribution in [0, 0.1) is 0 Å². The van der Waals surface area contributed by atoms with Crippen LogP contribution in [-0.4, -0.2) is 32.8 Å². The Morgan fingerprint density at radius 3 is 2.20 bits per heavy atom. The average Bonchev–Trinajstić information content (AvgIpc) is 2.78. The van der Waals surface area contributed by atoms with E-state index in [1.165, 1.54) is 7.11 Å². The maximum atomic E-state index is 12.9. The lowest BCUT2D eigenvalue weighted by atomic mass is 9.85. The van der Waals surface area contributed by atoms with Gasteiger partial charge >= 0.3 is 11.9 Å². The summed E-state index contributed by atoms with van der Waals surface area (Å²) in [5, 5.41) is 0. The van der Waals surface area contributed by atoms with Crippen LogP contribution in [-0.2, 0) is 19.1 Å². The molecule has 1 aliphatic rings. The van der Waals surface area contributed by atoms with E-state index in [4.69, 9.17) is 14.2 Å². The van der Waals surface area contributed by atoms with Crippen molar-refractivity contribution in [2.75, 3.05) is 25.7 Å². The summed E-state index contributed by atoms with van der Waals surface area (Å²) in [6.45, 7) is 3.83. The first kappa shape index (κ1) is 21.2. The van der Waals surface area contributed by atoms with Crippen LogP contribution in [0.1, 0.15) is 25.3 Å². The Balaban J connectivity index is 2.20. The number of benzene rings is 2. The van der Waals surface area contributed by atoms with Crippen LogP contribution in [0.15, 0.2) is 77.6 Å². The van der Waals surface area contributed by atoms with Gasteiger partial charge in [-0.1, -0.05) is 30.3 Å². The molecule has 6 nitrogen and oxygen atoms in total. The Kier molecular flexibility index (Phi) is 6.57. The molecule has 2 aromatic carbocycles. The molecule has 0 N–H and O–H groups in total. The minimum absolute atomic E-state index is 0.257. The smallest absolute Gasteiger partial charge is 0.354 e. The minimum Gasteiger partial charge on any atom is -0.497 e. The molecular formula is C24H25NO5. The number of hydrogen-bond donors (Lipinski definition) is 0. The zero-order valence-electron chi connectivity index (χ0n) is 17.5. The first-order chi connectivity index (χ1) is 14.5. The summed E-state index contributed by atoms with van der Waals surface area (Å²) < 4.78 is 15.6. The van der Waals surface area contributed by atoms with E-state index in [2.05, 4.69) is 0 Å². The van der Waals surface area contributed by atoms with Crippen molar-refractivity contribution in [1.82, 2.24) is 0 Å². The van der Waals surface area contributed by atoms with Crippen molar-refractivity contribution < 1.29 is 23.8 Å². The first-order valence-corrected chi connectivity index (χ1v) is 9.69. The summed E-state index contributed by atoms with van der Waals surface area (Å²) in [4.78, 5) is 27.4. The molecule has 0 radical (unpaired) electrons. The first-order valence-electron chi connectivity index (χ1n) is 9.69. The molecule has 3 rings (SSSR count). The number of carbonyl (C=O) groups is 2. The summed E-state index contributed by atoms with van der Waals surface area (Å²) in [5.41, 5.74) is 3.01. The van der Waals surface area contributed by atoms with Gasteiger partial charge in [-0.05, 0) is 49.8 Å². The van der Waals surface area contributed by atoms with Gasteiger partial charge in [-0.15, -0.1) is 0 Å². The second-order valence-electron chi connectivity index (χ2n) is 6.68. The van der Waals surface area contributed by atoms with E-state index in [0.717, 1.165) is 5.56 Å². The molecular weight excluding hydrogens is 382 g/mol. The van der Waals surface area contributed by atoms with Gasteiger partial charge in [0.05, 0.1) is 26.4 Å². The van der Waals surface area contributed by atoms with E-state index in [9.17, 15) is 9.59 Å². The van der Waals surface area contributed by atoms with Crippen molar-refractivity contribution in [3.8, 4) is 5.75 Å². The van der Waals surface area contributed by atoms with Gasteiger partial charge in [-0.3, -0.25) is 0 Å². The van der Waals surface area contributed by atoms with Crippen LogP contribution < -0.4 is 9.64 Å². The molecule has 0 fully saturated rings. The Bertz CT molecular complexity index is 976. The van der Waals surface area contributed by atoms with E-state index in [1.54, 1.807) is 37.1 Å². The topological polar surface area (TPSA) is 65.1 Å². The minimum atomic E-state index is -0.492. The number of anilines is 1. The standard InChI is InChI=1S/C24H25NO5/c1-5-30-24(27)22-16(2)25(18-11-13-19(28-3)14-12-18)21(23(26)29-4)15-20(22)17-9-7-6-8-10-17/h6-15,20H,5H2,1-4H3. The van der Waals surface area contributed by atoms with Gasteiger partial charge in [0.1, 0.15) is 11.4 Å². The number of ether oxygens (including phenoxy) is 3. The molecule has 156 valence electrons. The maximum absolute atomic E-state index is 12.9. The van der Waals surface area contributed by atoms with Crippen molar-refractivity contribution in [3.63, 3.8) is 0 Å². The lowest BCUT2D eigenvalue weighted by molar-refractivity contribution is -0.139. The monoisotopic (exact) mass is 407 g/mol. The van der Waals surface area contributed by atoms with Crippen LogP contribution in [0.25, 0.3) is 0 Å². The van der Waals surface area contributed by atoms with E-state index >= 15 is 0 Å². The third-order valence-electron chi connectivity index (χ3n) is 4.98. The number of methoxy groups -OCH3 is 2. The number of hydrogen-bond acceptors (Lipinski definition) is 6. The van der Waals surface area contributed by atoms with Gasteiger partial charge < -0.3 is 19.1 Å². The molecule has 0 spiro atoms. The van der Waals surface area contributed by atoms with E-state index in [1.807, 2.05) is 49.4 Å². The Labute approximate surface area is 176 Å². The molecule has 0 aromatic heterocycles. The second-order valence-corrected chi connectivity index (χ2v) is 6.68. The molecule has 0 saturated carbocycles. The van der Waals surface area contributed by atoms with E-state index < -0.39 is 17.9 Å². The summed E-state index contributed by atoms with van der Waals surface area (Å²) in [5.74, 6) is -0.654. The number of carbonyl (C=O) groups excluding carboxylic acids is 2. The molecule has 1 aliphatic heterocycles. The Morgan fingerprint density at radius 1 is 0.967 bits per heavy atom. The maximum Gasteiger partial charge on any atom is 0.354 e. The van der Waals surface area contributed by atoms with Gasteiger partial charge in [0.15, 0.2) is 0 Å². The van der Waals surface area contributed by atoms with Gasteiger partial charge in [0.2, 0.25) is 0 Å². The van der Waals surface area contributed by atoms with Gasteiger partial charge in [0.25, 0.3) is 0 Å². The highest BCUT2D eigenvalue weighted by Gasteiger charge is 2.36. The quantitative estimate of drug-likeness (QED) is 0.669. The summed E-state index contributed by atoms with van der Waals surface area (Å²) in [6.07, 6.45) is 1.75. The third-order valence-corrected chi connectivity index (χ3v) is 4.98. The molecule has 0 amide bonds. The lowest BCUT2D eigenvalue weighted by Gasteiger charge is -2.35. The highest BCUT2D eigenvalue weighted by atomic mass is 16.5. The molecule has 1 heterocycles. The third kappa shape index (κ3) is 4.08. The van der Waals surface area contributed by atoms with Crippen LogP contribution in [0.4, 0.5) is 5.69 Å². The molecule has 0 bridgehead atoms. The Hall–Kier alpha value is -3.54. The number of esters is 2. The van der Waals surface area contributed by atoms with Gasteiger partial charge in [0, 0.05) is 17.3 Å². The fourth-order valence-corrected chi connectivity index (χ4v) is 3.58. The highest BCUT2D eigenvalue weighted by Crippen LogP contribution is 2.40. The fourth-order valence-electron chi connectivity index (χ4n) is 3.58. The van der Waals surface area contributed by atoms with Crippen LogP contribution in [0.2, 0.25) is 0 Å². The van der Waals surface area contributed by atoms with Gasteiger partial charge in [-0.2, -0.15) is 0 Å².